The summed E-state index contributed by atoms with van der Waals surface area (Å²) in [6, 6.07) is 4.45. The molecule has 1 aromatic rings. The number of aliphatic hydroxyl groups excluding tert-OH is 2. The molecule has 0 amide bonds. The molecular weight excluding hydrogens is 453 g/mol. The Morgan fingerprint density at radius 1 is 1.29 bits per heavy atom. The number of alkyl halides is 3. The monoisotopic (exact) mass is 486 g/mol. The van der Waals surface area contributed by atoms with Crippen LogP contribution >= 0.6 is 0 Å². The third-order valence-electron chi connectivity index (χ3n) is 5.17. The second-order valence-electron chi connectivity index (χ2n) is 8.46. The summed E-state index contributed by atoms with van der Waals surface area (Å²) in [5.41, 5.74) is -0.824. The fourth-order valence-corrected chi connectivity index (χ4v) is 3.46. The van der Waals surface area contributed by atoms with Crippen LogP contribution in [0.4, 0.5) is 13.2 Å². The molecule has 1 aliphatic heterocycles. The molecule has 34 heavy (non-hydrogen) atoms. The van der Waals surface area contributed by atoms with E-state index in [9.17, 15) is 28.2 Å². The van der Waals surface area contributed by atoms with Crippen LogP contribution in [0.1, 0.15) is 45.1 Å². The first-order chi connectivity index (χ1) is 16.1. The van der Waals surface area contributed by atoms with Crippen LogP contribution in [-0.4, -0.2) is 53.8 Å². The van der Waals surface area contributed by atoms with E-state index in [1.54, 1.807) is 19.9 Å². The first-order valence-corrected chi connectivity index (χ1v) is 11.4. The molecule has 6 nitrogen and oxygen atoms in total. The summed E-state index contributed by atoms with van der Waals surface area (Å²) in [7, 11) is 0. The van der Waals surface area contributed by atoms with Gasteiger partial charge < -0.3 is 24.4 Å². The highest BCUT2D eigenvalue weighted by Gasteiger charge is 2.33. The number of allylic oxidation sites excluding steroid dienone is 2. The number of carbonyl (C=O) groups is 1. The summed E-state index contributed by atoms with van der Waals surface area (Å²) < 4.78 is 54.3. The van der Waals surface area contributed by atoms with Gasteiger partial charge in [0.2, 0.25) is 0 Å². The van der Waals surface area contributed by atoms with Crippen LogP contribution in [-0.2, 0) is 20.4 Å². The van der Waals surface area contributed by atoms with Crippen molar-refractivity contribution in [1.29, 1.82) is 0 Å². The highest BCUT2D eigenvalue weighted by Crippen LogP contribution is 2.31. The maximum atomic E-state index is 12.8. The predicted molar refractivity (Wildman–Crippen MR) is 120 cm³/mol. The Morgan fingerprint density at radius 2 is 2.06 bits per heavy atom. The van der Waals surface area contributed by atoms with E-state index < -0.39 is 30.1 Å². The van der Waals surface area contributed by atoms with Crippen molar-refractivity contribution in [3.05, 3.63) is 54.1 Å². The number of unbranched alkanes of at least 4 members (excludes halogenated alkanes) is 1. The minimum Gasteiger partial charge on any atom is -0.491 e. The summed E-state index contributed by atoms with van der Waals surface area (Å²) >= 11 is 0. The molecule has 4 atom stereocenters. The number of hydrogen-bond acceptors (Lipinski definition) is 6. The van der Waals surface area contributed by atoms with E-state index in [1.165, 1.54) is 18.2 Å². The lowest BCUT2D eigenvalue weighted by Gasteiger charge is -2.16. The standard InChI is InChI=1S/C25H33F3O6/c1-17(2)34-24(31)11-6-4-3-5-10-21-22(30)16-33-23(21)13-12-19(29)15-32-20-9-7-8-18(14-20)25(26,27)28/h3,5,7-9,12-14,17,19,21-23,29-30H,4,6,10-11,15-16H2,1-2H3/b5-3-,13-12+/t19-,21+,22+,23-/m1/s1. The van der Waals surface area contributed by atoms with Crippen LogP contribution < -0.4 is 4.74 Å². The molecule has 2 N–H and O–H groups in total. The maximum Gasteiger partial charge on any atom is 0.416 e. The third kappa shape index (κ3) is 9.87. The molecule has 1 heterocycles. The molecule has 1 saturated heterocycles. The molecule has 0 saturated carbocycles. The zero-order valence-electron chi connectivity index (χ0n) is 19.4. The minimum atomic E-state index is -4.47. The smallest absolute Gasteiger partial charge is 0.416 e. The molecular formula is C25H33F3O6. The molecule has 0 radical (unpaired) electrons. The number of hydrogen-bond donors (Lipinski definition) is 2. The minimum absolute atomic E-state index is 0.00953. The van der Waals surface area contributed by atoms with E-state index >= 15 is 0 Å². The second kappa shape index (κ2) is 13.5. The molecule has 1 aromatic carbocycles. The summed E-state index contributed by atoms with van der Waals surface area (Å²) in [5.74, 6) is -0.408. The van der Waals surface area contributed by atoms with Gasteiger partial charge in [0.25, 0.3) is 0 Å². The molecule has 2 rings (SSSR count). The number of carbonyl (C=O) groups excluding carboxylic acids is 1. The average Bonchev–Trinajstić information content (AvgIpc) is 3.11. The van der Waals surface area contributed by atoms with Gasteiger partial charge in [-0.2, -0.15) is 13.2 Å². The van der Waals surface area contributed by atoms with Crippen molar-refractivity contribution >= 4 is 5.97 Å². The summed E-state index contributed by atoms with van der Waals surface area (Å²) in [6.07, 6.45) is 2.55. The van der Waals surface area contributed by atoms with E-state index in [0.29, 0.717) is 25.7 Å². The van der Waals surface area contributed by atoms with Crippen molar-refractivity contribution in [2.24, 2.45) is 5.92 Å². The quantitative estimate of drug-likeness (QED) is 0.258. The number of rotatable bonds is 12. The third-order valence-corrected chi connectivity index (χ3v) is 5.17. The van der Waals surface area contributed by atoms with Gasteiger partial charge in [0.05, 0.1) is 30.5 Å². The molecule has 0 aliphatic carbocycles. The SMILES string of the molecule is CC(C)OC(=O)CCC/C=C\C[C@H]1[C@@H](O)CO[C@@H]1/C=C/[C@@H](O)COc1cccc(C(F)(F)F)c1. The highest BCUT2D eigenvalue weighted by atomic mass is 19.4. The normalized spacial score (nSPS) is 22.1. The highest BCUT2D eigenvalue weighted by molar-refractivity contribution is 5.69. The number of benzene rings is 1. The van der Waals surface area contributed by atoms with Crippen molar-refractivity contribution in [2.75, 3.05) is 13.2 Å². The fraction of sp³-hybridized carbons (Fsp3) is 0.560. The summed E-state index contributed by atoms with van der Waals surface area (Å²) in [6.45, 7) is 3.56. The van der Waals surface area contributed by atoms with Crippen LogP contribution in [0.3, 0.4) is 0 Å². The topological polar surface area (TPSA) is 85.2 Å². The number of halogens is 3. The van der Waals surface area contributed by atoms with Gasteiger partial charge in [0.15, 0.2) is 0 Å². The lowest BCUT2D eigenvalue weighted by Crippen LogP contribution is -2.23. The Hall–Kier alpha value is -2.36. The number of esters is 1. The second-order valence-corrected chi connectivity index (χ2v) is 8.46. The predicted octanol–water partition coefficient (Wildman–Crippen LogP) is 4.45. The van der Waals surface area contributed by atoms with Crippen LogP contribution in [0.25, 0.3) is 0 Å². The number of aliphatic hydroxyl groups is 2. The van der Waals surface area contributed by atoms with E-state index in [1.807, 2.05) is 12.2 Å². The van der Waals surface area contributed by atoms with E-state index in [2.05, 4.69) is 0 Å². The van der Waals surface area contributed by atoms with Crippen molar-refractivity contribution in [3.63, 3.8) is 0 Å². The Kier molecular flexibility index (Phi) is 11.1. The zero-order chi connectivity index (χ0) is 25.1. The average molecular weight is 487 g/mol. The van der Waals surface area contributed by atoms with Gasteiger partial charge in [-0.3, -0.25) is 4.79 Å². The van der Waals surface area contributed by atoms with Crippen molar-refractivity contribution in [3.8, 4) is 5.75 Å². The molecule has 190 valence electrons. The maximum absolute atomic E-state index is 12.8. The van der Waals surface area contributed by atoms with E-state index in [-0.39, 0.29) is 37.0 Å². The van der Waals surface area contributed by atoms with E-state index in [4.69, 9.17) is 14.2 Å². The molecule has 1 fully saturated rings. The Bertz CT molecular complexity index is 821. The van der Waals surface area contributed by atoms with Crippen molar-refractivity contribution in [2.45, 2.75) is 70.1 Å². The summed E-state index contributed by atoms with van der Waals surface area (Å²) in [4.78, 5) is 11.5. The molecule has 0 aromatic heterocycles. The molecule has 1 aliphatic rings. The van der Waals surface area contributed by atoms with Crippen LogP contribution in [0.2, 0.25) is 0 Å². The molecule has 9 heteroatoms. The lowest BCUT2D eigenvalue weighted by atomic mass is 9.94. The van der Waals surface area contributed by atoms with Crippen molar-refractivity contribution in [1.82, 2.24) is 0 Å². The molecule has 0 unspecified atom stereocenters. The van der Waals surface area contributed by atoms with Crippen LogP contribution in [0, 0.1) is 5.92 Å². The Balaban J connectivity index is 1.77. The lowest BCUT2D eigenvalue weighted by molar-refractivity contribution is -0.147. The fourth-order valence-electron chi connectivity index (χ4n) is 3.46. The van der Waals surface area contributed by atoms with Gasteiger partial charge in [-0.1, -0.05) is 30.4 Å². The first kappa shape index (κ1) is 27.9. The number of ether oxygens (including phenoxy) is 3. The largest absolute Gasteiger partial charge is 0.491 e. The van der Waals surface area contributed by atoms with Gasteiger partial charge in [-0.15, -0.1) is 0 Å². The first-order valence-electron chi connectivity index (χ1n) is 11.4. The summed E-state index contributed by atoms with van der Waals surface area (Å²) in [5, 5.41) is 20.3. The van der Waals surface area contributed by atoms with Gasteiger partial charge in [0, 0.05) is 12.3 Å². The van der Waals surface area contributed by atoms with E-state index in [0.717, 1.165) is 12.1 Å². The van der Waals surface area contributed by atoms with Crippen molar-refractivity contribution < 1.29 is 42.4 Å². The molecule has 0 bridgehead atoms. The zero-order valence-corrected chi connectivity index (χ0v) is 19.4. The van der Waals surface area contributed by atoms with Gasteiger partial charge in [-0.05, 0) is 51.3 Å². The van der Waals surface area contributed by atoms with Crippen LogP contribution in [0.15, 0.2) is 48.6 Å². The van der Waals surface area contributed by atoms with Crippen LogP contribution in [0.5, 0.6) is 5.75 Å². The Morgan fingerprint density at radius 3 is 2.76 bits per heavy atom. The van der Waals surface area contributed by atoms with Gasteiger partial charge in [-0.25, -0.2) is 0 Å². The molecule has 0 spiro atoms. The van der Waals surface area contributed by atoms with Gasteiger partial charge in [0.1, 0.15) is 18.5 Å². The Labute approximate surface area is 198 Å². The van der Waals surface area contributed by atoms with Gasteiger partial charge >= 0.3 is 12.1 Å².